The van der Waals surface area contributed by atoms with Crippen molar-refractivity contribution in [3.63, 3.8) is 0 Å². The number of esters is 1. The zero-order chi connectivity index (χ0) is 7.40. The quantitative estimate of drug-likeness (QED) is 0.432. The molecule has 0 spiro atoms. The topological polar surface area (TPSA) is 26.3 Å². The smallest absolute Gasteiger partial charge is 0.337 e. The van der Waals surface area contributed by atoms with Gasteiger partial charge in [0.15, 0.2) is 0 Å². The molecule has 52 valence electrons. The predicted octanol–water partition coefficient (Wildman–Crippen LogP) is 1.47. The molecular weight excluding hydrogens is 129 g/mol. The van der Waals surface area contributed by atoms with Crippen molar-refractivity contribution >= 4 is 5.97 Å². The summed E-state index contributed by atoms with van der Waals surface area (Å²) in [6.07, 6.45) is 0. The molecule has 1 rings (SSSR count). The third-order valence-corrected chi connectivity index (χ3v) is 1.19. The van der Waals surface area contributed by atoms with Crippen molar-refractivity contribution in [1.82, 2.24) is 0 Å². The molecule has 0 aliphatic rings. The van der Waals surface area contributed by atoms with Crippen LogP contribution in [-0.4, -0.2) is 13.1 Å². The molecular formula is C8H8O2. The molecule has 2 heteroatoms. The Balaban J connectivity index is 2.85. The second kappa shape index (κ2) is 3.01. The fourth-order valence-electron chi connectivity index (χ4n) is 0.692. The van der Waals surface area contributed by atoms with Gasteiger partial charge in [-0.05, 0) is 12.1 Å². The zero-order valence-corrected chi connectivity index (χ0v) is 5.70. The van der Waals surface area contributed by atoms with Crippen LogP contribution in [0.2, 0.25) is 0 Å². The minimum Gasteiger partial charge on any atom is -0.465 e. The van der Waals surface area contributed by atoms with Crippen LogP contribution in [0.5, 0.6) is 0 Å². The Bertz CT molecular complexity index is 216. The molecule has 0 bridgehead atoms. The normalized spacial score (nSPS) is 8.90. The Morgan fingerprint density at radius 3 is 2.40 bits per heavy atom. The summed E-state index contributed by atoms with van der Waals surface area (Å²) in [5.74, 6) is -0.291. The lowest BCUT2D eigenvalue weighted by Crippen LogP contribution is -1.99. The Morgan fingerprint density at radius 2 is 1.90 bits per heavy atom. The Labute approximate surface area is 59.4 Å². The maximum Gasteiger partial charge on any atom is 0.337 e. The standard InChI is InChI=1S/C8H8O2/c1-10-8(9)7-5-3-2-4-6-7/h2-6H,1H3/i8+1. The fraction of sp³-hybridized carbons (Fsp3) is 0.125. The zero-order valence-electron chi connectivity index (χ0n) is 5.70. The molecule has 0 N–H and O–H groups in total. The molecule has 0 aliphatic carbocycles. The molecule has 0 saturated heterocycles. The Morgan fingerprint density at radius 1 is 1.30 bits per heavy atom. The molecule has 0 unspecified atom stereocenters. The molecule has 2 nitrogen and oxygen atoms in total. The van der Waals surface area contributed by atoms with Crippen LogP contribution in [0.25, 0.3) is 0 Å². The van der Waals surface area contributed by atoms with E-state index in [1.807, 2.05) is 6.07 Å². The van der Waals surface area contributed by atoms with Gasteiger partial charge < -0.3 is 4.74 Å². The van der Waals surface area contributed by atoms with E-state index in [4.69, 9.17) is 0 Å². The van der Waals surface area contributed by atoms with Crippen LogP contribution in [0.15, 0.2) is 30.3 Å². The van der Waals surface area contributed by atoms with Crippen LogP contribution < -0.4 is 0 Å². The highest BCUT2D eigenvalue weighted by Gasteiger charge is 2.00. The van der Waals surface area contributed by atoms with Gasteiger partial charge in [0.2, 0.25) is 0 Å². The molecule has 0 heterocycles. The van der Waals surface area contributed by atoms with Crippen molar-refractivity contribution in [3.05, 3.63) is 35.9 Å². The number of carbonyl (C=O) groups is 1. The van der Waals surface area contributed by atoms with Crippen molar-refractivity contribution in [3.8, 4) is 0 Å². The van der Waals surface area contributed by atoms with Gasteiger partial charge in [0.05, 0.1) is 12.7 Å². The molecule has 0 fully saturated rings. The van der Waals surface area contributed by atoms with E-state index in [9.17, 15) is 4.79 Å². The van der Waals surface area contributed by atoms with Crippen LogP contribution in [0, 0.1) is 0 Å². The molecule has 1 aromatic carbocycles. The number of carbonyl (C=O) groups excluding carboxylic acids is 1. The Kier molecular flexibility index (Phi) is 2.05. The number of methoxy groups -OCH3 is 1. The number of benzene rings is 1. The summed E-state index contributed by atoms with van der Waals surface area (Å²) in [6, 6.07) is 8.88. The molecule has 10 heavy (non-hydrogen) atoms. The molecule has 0 saturated carbocycles. The van der Waals surface area contributed by atoms with E-state index in [1.54, 1.807) is 24.3 Å². The fourth-order valence-corrected chi connectivity index (χ4v) is 0.692. The van der Waals surface area contributed by atoms with Gasteiger partial charge in [-0.15, -0.1) is 0 Å². The number of hydrogen-bond donors (Lipinski definition) is 0. The second-order valence-corrected chi connectivity index (χ2v) is 1.86. The van der Waals surface area contributed by atoms with Crippen LogP contribution in [-0.2, 0) is 4.74 Å². The molecule has 1 aromatic rings. The molecule has 0 atom stereocenters. The van der Waals surface area contributed by atoms with E-state index in [-0.39, 0.29) is 5.97 Å². The number of hydrogen-bond acceptors (Lipinski definition) is 2. The largest absolute Gasteiger partial charge is 0.465 e. The Hall–Kier alpha value is -1.31. The van der Waals surface area contributed by atoms with Gasteiger partial charge in [0.1, 0.15) is 0 Å². The third kappa shape index (κ3) is 1.35. The van der Waals surface area contributed by atoms with E-state index in [0.717, 1.165) is 0 Å². The van der Waals surface area contributed by atoms with E-state index in [1.165, 1.54) is 7.11 Å². The van der Waals surface area contributed by atoms with Crippen molar-refractivity contribution in [1.29, 1.82) is 0 Å². The maximum absolute atomic E-state index is 10.8. The minimum absolute atomic E-state index is 0.291. The van der Waals surface area contributed by atoms with E-state index >= 15 is 0 Å². The number of rotatable bonds is 1. The summed E-state index contributed by atoms with van der Waals surface area (Å²) < 4.78 is 4.50. The summed E-state index contributed by atoms with van der Waals surface area (Å²) in [7, 11) is 1.37. The molecule has 0 aliphatic heterocycles. The first-order valence-corrected chi connectivity index (χ1v) is 2.98. The van der Waals surface area contributed by atoms with Gasteiger partial charge in [0.25, 0.3) is 0 Å². The molecule has 0 aromatic heterocycles. The first-order valence-electron chi connectivity index (χ1n) is 2.98. The summed E-state index contributed by atoms with van der Waals surface area (Å²) >= 11 is 0. The highest BCUT2D eigenvalue weighted by atomic mass is 16.6. The van der Waals surface area contributed by atoms with Crippen LogP contribution in [0.3, 0.4) is 0 Å². The summed E-state index contributed by atoms with van der Waals surface area (Å²) in [4.78, 5) is 10.8. The van der Waals surface area contributed by atoms with Gasteiger partial charge in [-0.2, -0.15) is 0 Å². The van der Waals surface area contributed by atoms with Crippen LogP contribution >= 0.6 is 0 Å². The highest BCUT2D eigenvalue weighted by molar-refractivity contribution is 5.89. The highest BCUT2D eigenvalue weighted by Crippen LogP contribution is 1.98. The van der Waals surface area contributed by atoms with Gasteiger partial charge in [-0.3, -0.25) is 0 Å². The van der Waals surface area contributed by atoms with Crippen molar-refractivity contribution < 1.29 is 9.53 Å². The summed E-state index contributed by atoms with van der Waals surface area (Å²) in [5, 5.41) is 0. The maximum atomic E-state index is 10.8. The van der Waals surface area contributed by atoms with Gasteiger partial charge in [-0.25, -0.2) is 4.79 Å². The predicted molar refractivity (Wildman–Crippen MR) is 37.8 cm³/mol. The van der Waals surface area contributed by atoms with Crippen molar-refractivity contribution in [2.45, 2.75) is 0 Å². The first-order chi connectivity index (χ1) is 4.84. The monoisotopic (exact) mass is 137 g/mol. The lowest BCUT2D eigenvalue weighted by atomic mass is 10.3. The van der Waals surface area contributed by atoms with Gasteiger partial charge in [-0.1, -0.05) is 18.2 Å². The third-order valence-electron chi connectivity index (χ3n) is 1.19. The second-order valence-electron chi connectivity index (χ2n) is 1.86. The summed E-state index contributed by atoms with van der Waals surface area (Å²) in [6.45, 7) is 0. The van der Waals surface area contributed by atoms with Crippen LogP contribution in [0.1, 0.15) is 10.4 Å². The van der Waals surface area contributed by atoms with Gasteiger partial charge in [0, 0.05) is 0 Å². The van der Waals surface area contributed by atoms with Crippen LogP contribution in [0.4, 0.5) is 0 Å². The van der Waals surface area contributed by atoms with E-state index < -0.39 is 0 Å². The van der Waals surface area contributed by atoms with Crippen molar-refractivity contribution in [2.24, 2.45) is 0 Å². The SMILES string of the molecule is CO[13C](=O)c1ccccc1. The summed E-state index contributed by atoms with van der Waals surface area (Å²) in [5.41, 5.74) is 0.588. The molecule has 0 radical (unpaired) electrons. The lowest BCUT2D eigenvalue weighted by molar-refractivity contribution is 0.0601. The van der Waals surface area contributed by atoms with E-state index in [2.05, 4.69) is 4.74 Å². The molecule has 0 amide bonds. The number of ether oxygens (including phenoxy) is 1. The average Bonchev–Trinajstić information content (AvgIpc) is 2.05. The van der Waals surface area contributed by atoms with E-state index in [0.29, 0.717) is 5.56 Å². The minimum atomic E-state index is -0.291. The lowest BCUT2D eigenvalue weighted by Gasteiger charge is -1.95. The first kappa shape index (κ1) is 6.81. The average molecular weight is 137 g/mol. The van der Waals surface area contributed by atoms with Crippen molar-refractivity contribution in [2.75, 3.05) is 7.11 Å². The van der Waals surface area contributed by atoms with Gasteiger partial charge >= 0.3 is 5.97 Å².